The van der Waals surface area contributed by atoms with Crippen LogP contribution in [0.3, 0.4) is 0 Å². The summed E-state index contributed by atoms with van der Waals surface area (Å²) in [5.41, 5.74) is -4.62. The average Bonchev–Trinajstić information content (AvgIpc) is 2.85. The van der Waals surface area contributed by atoms with Crippen molar-refractivity contribution in [3.8, 4) is 5.75 Å². The molecule has 0 saturated heterocycles. The van der Waals surface area contributed by atoms with Crippen molar-refractivity contribution in [2.24, 2.45) is 0 Å². The molecule has 1 aromatic rings. The minimum absolute atomic E-state index is 0.0791. The summed E-state index contributed by atoms with van der Waals surface area (Å²) in [7, 11) is -4.11. The molecule has 21 heavy (non-hydrogen) atoms. The van der Waals surface area contributed by atoms with Crippen LogP contribution in [0.4, 0.5) is 13.2 Å². The fourth-order valence-electron chi connectivity index (χ4n) is 2.18. The third-order valence-electron chi connectivity index (χ3n) is 3.16. The van der Waals surface area contributed by atoms with Crippen molar-refractivity contribution in [2.45, 2.75) is 24.3 Å². The summed E-state index contributed by atoms with van der Waals surface area (Å²) >= 11 is 0. The predicted molar refractivity (Wildman–Crippen MR) is 69.1 cm³/mol. The van der Waals surface area contributed by atoms with Gasteiger partial charge in [-0.25, -0.2) is 0 Å². The van der Waals surface area contributed by atoms with Crippen LogP contribution in [0, 0.1) is 0 Å². The highest BCUT2D eigenvalue weighted by Gasteiger charge is 2.49. The van der Waals surface area contributed by atoms with E-state index in [4.69, 9.17) is 4.74 Å². The van der Waals surface area contributed by atoms with E-state index in [1.807, 2.05) is 0 Å². The van der Waals surface area contributed by atoms with Gasteiger partial charge in [-0.3, -0.25) is 0 Å². The molecular formula is C13H13F3O4S. The van der Waals surface area contributed by atoms with E-state index in [0.717, 1.165) is 5.56 Å². The van der Waals surface area contributed by atoms with Gasteiger partial charge in [0.25, 0.3) is 0 Å². The zero-order valence-electron chi connectivity index (χ0n) is 11.1. The monoisotopic (exact) mass is 322 g/mol. The van der Waals surface area contributed by atoms with Gasteiger partial charge in [0.15, 0.2) is 0 Å². The second kappa shape index (κ2) is 5.59. The van der Waals surface area contributed by atoms with E-state index in [0.29, 0.717) is 12.2 Å². The molecule has 2 rings (SSSR count). The van der Waals surface area contributed by atoms with Crippen molar-refractivity contribution in [1.29, 1.82) is 0 Å². The van der Waals surface area contributed by atoms with Crippen LogP contribution in [0.5, 0.6) is 5.75 Å². The molecule has 0 aliphatic heterocycles. The second-order valence-electron chi connectivity index (χ2n) is 4.53. The summed E-state index contributed by atoms with van der Waals surface area (Å²) in [6.45, 7) is 0. The maximum atomic E-state index is 12.3. The molecular weight excluding hydrogens is 309 g/mol. The van der Waals surface area contributed by atoms with Crippen LogP contribution in [0.1, 0.15) is 24.3 Å². The van der Waals surface area contributed by atoms with Crippen LogP contribution in [-0.2, 0) is 14.3 Å². The van der Waals surface area contributed by atoms with Crippen LogP contribution in [-0.4, -0.2) is 21.0 Å². The first kappa shape index (κ1) is 15.7. The summed E-state index contributed by atoms with van der Waals surface area (Å²) in [6.07, 6.45) is 1.83. The van der Waals surface area contributed by atoms with Gasteiger partial charge in [0, 0.05) is 6.42 Å². The lowest BCUT2D eigenvalue weighted by Gasteiger charge is -2.15. The maximum absolute atomic E-state index is 12.3. The van der Waals surface area contributed by atoms with Gasteiger partial charge in [-0.2, -0.15) is 21.6 Å². The maximum Gasteiger partial charge on any atom is 0.534 e. The molecule has 0 radical (unpaired) electrons. The molecule has 0 fully saturated rings. The number of halogens is 3. The quantitative estimate of drug-likeness (QED) is 0.630. The van der Waals surface area contributed by atoms with E-state index in [-0.39, 0.29) is 18.1 Å². The lowest BCUT2D eigenvalue weighted by molar-refractivity contribution is -0.0523. The van der Waals surface area contributed by atoms with Crippen LogP contribution in [0.15, 0.2) is 36.1 Å². The summed E-state index contributed by atoms with van der Waals surface area (Å²) in [5, 5.41) is 0. The molecule has 1 aliphatic carbocycles. The van der Waals surface area contributed by atoms with E-state index in [2.05, 4.69) is 4.18 Å². The highest BCUT2D eigenvalue weighted by Crippen LogP contribution is 2.40. The molecule has 8 heteroatoms. The Labute approximate surface area is 120 Å². The topological polar surface area (TPSA) is 52.6 Å². The molecule has 116 valence electrons. The smallest absolute Gasteiger partial charge is 0.496 e. The van der Waals surface area contributed by atoms with Gasteiger partial charge in [0.2, 0.25) is 0 Å². The summed E-state index contributed by atoms with van der Waals surface area (Å²) < 4.78 is 68.1. The standard InChI is InChI=1S/C13H13F3O4S/c1-19-12-5-3-2-4-11(12)9-6-7-10(8-9)20-21(17,18)13(14,15)16/h2-5,7,9H,6,8H2,1H3. The van der Waals surface area contributed by atoms with Crippen LogP contribution in [0.2, 0.25) is 0 Å². The SMILES string of the molecule is COc1ccccc1C1CC=C(OS(=O)(=O)C(F)(F)F)C1. The summed E-state index contributed by atoms with van der Waals surface area (Å²) in [5.74, 6) is 0.249. The van der Waals surface area contributed by atoms with Crippen LogP contribution >= 0.6 is 0 Å². The van der Waals surface area contributed by atoms with E-state index in [1.165, 1.54) is 13.2 Å². The molecule has 0 spiro atoms. The number of hydrogen-bond donors (Lipinski definition) is 0. The fraction of sp³-hybridized carbons (Fsp3) is 0.385. The highest BCUT2D eigenvalue weighted by atomic mass is 32.2. The summed E-state index contributed by atoms with van der Waals surface area (Å²) in [4.78, 5) is 0. The van der Waals surface area contributed by atoms with Gasteiger partial charge in [0.05, 0.1) is 7.11 Å². The number of hydrogen-bond acceptors (Lipinski definition) is 4. The van der Waals surface area contributed by atoms with Gasteiger partial charge >= 0.3 is 15.6 Å². The summed E-state index contributed by atoms with van der Waals surface area (Å²) in [6, 6.07) is 7.08. The van der Waals surface area contributed by atoms with Crippen LogP contribution in [0.25, 0.3) is 0 Å². The highest BCUT2D eigenvalue weighted by molar-refractivity contribution is 7.87. The average molecular weight is 322 g/mol. The zero-order valence-corrected chi connectivity index (χ0v) is 11.9. The lowest BCUT2D eigenvalue weighted by Crippen LogP contribution is -2.25. The lowest BCUT2D eigenvalue weighted by atomic mass is 9.96. The first-order chi connectivity index (χ1) is 9.74. The van der Waals surface area contributed by atoms with Gasteiger partial charge in [-0.15, -0.1) is 0 Å². The Morgan fingerprint density at radius 3 is 2.52 bits per heavy atom. The Morgan fingerprint density at radius 1 is 1.24 bits per heavy atom. The molecule has 1 aromatic carbocycles. The number of benzene rings is 1. The molecule has 0 aromatic heterocycles. The zero-order chi connectivity index (χ0) is 15.7. The van der Waals surface area contributed by atoms with E-state index < -0.39 is 15.6 Å². The largest absolute Gasteiger partial charge is 0.534 e. The first-order valence-corrected chi connectivity index (χ1v) is 7.48. The minimum atomic E-state index is -5.60. The van der Waals surface area contributed by atoms with Crippen molar-refractivity contribution in [2.75, 3.05) is 7.11 Å². The van der Waals surface area contributed by atoms with Crippen molar-refractivity contribution in [3.05, 3.63) is 41.7 Å². The number of ether oxygens (including phenoxy) is 1. The van der Waals surface area contributed by atoms with Crippen molar-refractivity contribution >= 4 is 10.1 Å². The van der Waals surface area contributed by atoms with Crippen molar-refractivity contribution in [1.82, 2.24) is 0 Å². The van der Waals surface area contributed by atoms with Crippen molar-refractivity contribution < 1.29 is 30.5 Å². The normalized spacial score (nSPS) is 19.2. The van der Waals surface area contributed by atoms with Gasteiger partial charge in [-0.05, 0) is 30.0 Å². The molecule has 0 saturated carbocycles. The van der Waals surface area contributed by atoms with E-state index in [1.54, 1.807) is 24.3 Å². The van der Waals surface area contributed by atoms with E-state index in [9.17, 15) is 21.6 Å². The molecule has 1 aliphatic rings. The number of para-hydroxylation sites is 1. The number of allylic oxidation sites excluding steroid dienone is 2. The van der Waals surface area contributed by atoms with E-state index >= 15 is 0 Å². The van der Waals surface area contributed by atoms with Crippen LogP contribution < -0.4 is 4.74 Å². The number of alkyl halides is 3. The fourth-order valence-corrected chi connectivity index (χ4v) is 2.69. The molecule has 1 atom stereocenters. The Bertz CT molecular complexity index is 650. The predicted octanol–water partition coefficient (Wildman–Crippen LogP) is 3.32. The molecule has 0 amide bonds. The Balaban J connectivity index is 2.11. The third-order valence-corrected chi connectivity index (χ3v) is 4.16. The van der Waals surface area contributed by atoms with Gasteiger partial charge in [-0.1, -0.05) is 18.2 Å². The minimum Gasteiger partial charge on any atom is -0.496 e. The molecule has 0 N–H and O–H groups in total. The molecule has 0 heterocycles. The third kappa shape index (κ3) is 3.31. The Morgan fingerprint density at radius 2 is 1.90 bits per heavy atom. The van der Waals surface area contributed by atoms with Gasteiger partial charge in [0.1, 0.15) is 11.5 Å². The Kier molecular flexibility index (Phi) is 4.18. The number of rotatable bonds is 4. The van der Waals surface area contributed by atoms with Gasteiger partial charge < -0.3 is 8.92 Å². The first-order valence-electron chi connectivity index (χ1n) is 6.07. The van der Waals surface area contributed by atoms with Crippen molar-refractivity contribution in [3.63, 3.8) is 0 Å². The molecule has 1 unspecified atom stereocenters. The Hall–Kier alpha value is -1.70. The molecule has 4 nitrogen and oxygen atoms in total. The second-order valence-corrected chi connectivity index (χ2v) is 6.07. The molecule has 0 bridgehead atoms. The number of methoxy groups -OCH3 is 1.